The molecule has 0 saturated carbocycles. The Morgan fingerprint density at radius 2 is 1.76 bits per heavy atom. The molecule has 21 heavy (non-hydrogen) atoms. The van der Waals surface area contributed by atoms with Crippen molar-refractivity contribution in [2.24, 2.45) is 0 Å². The molecule has 0 aliphatic rings. The van der Waals surface area contributed by atoms with Crippen molar-refractivity contribution in [3.8, 4) is 0 Å². The minimum absolute atomic E-state index is 0.158. The zero-order chi connectivity index (χ0) is 15.7. The molecule has 1 aromatic rings. The summed E-state index contributed by atoms with van der Waals surface area (Å²) in [5.74, 6) is -0.158. The molecule has 118 valence electrons. The Bertz CT molecular complexity index is 445. The number of nitrogens with two attached hydrogens (primary N) is 1. The van der Waals surface area contributed by atoms with Gasteiger partial charge in [0.15, 0.2) is 0 Å². The maximum atomic E-state index is 12.6. The number of benzene rings is 1. The summed E-state index contributed by atoms with van der Waals surface area (Å²) in [6.45, 7) is 7.02. The molecule has 0 unspecified atom stereocenters. The number of halogens is 1. The van der Waals surface area contributed by atoms with Gasteiger partial charge in [-0.2, -0.15) is 0 Å². The highest BCUT2D eigenvalue weighted by Crippen LogP contribution is 2.23. The van der Waals surface area contributed by atoms with Gasteiger partial charge in [-0.05, 0) is 26.0 Å². The van der Waals surface area contributed by atoms with Crippen molar-refractivity contribution in [1.29, 1.82) is 0 Å². The fourth-order valence-electron chi connectivity index (χ4n) is 1.85. The van der Waals surface area contributed by atoms with E-state index in [1.54, 1.807) is 23.1 Å². The third kappa shape index (κ3) is 5.53. The van der Waals surface area contributed by atoms with Gasteiger partial charge in [0.2, 0.25) is 0 Å². The second kappa shape index (κ2) is 9.60. The molecule has 0 heterocycles. The number of rotatable bonds is 9. The van der Waals surface area contributed by atoms with Gasteiger partial charge in [0.25, 0.3) is 5.91 Å². The predicted octanol–water partition coefficient (Wildman–Crippen LogP) is 2.44. The van der Waals surface area contributed by atoms with Crippen molar-refractivity contribution in [2.75, 3.05) is 45.3 Å². The van der Waals surface area contributed by atoms with Gasteiger partial charge >= 0.3 is 0 Å². The molecule has 0 saturated heterocycles. The molecular weight excluding hydrogens is 292 g/mol. The number of carbonyl (C=O) groups excluding carboxylic acids is 1. The van der Waals surface area contributed by atoms with Gasteiger partial charge in [0.1, 0.15) is 0 Å². The maximum absolute atomic E-state index is 12.6. The summed E-state index contributed by atoms with van der Waals surface area (Å²) in [4.78, 5) is 14.3. The Morgan fingerprint density at radius 1 is 1.19 bits per heavy atom. The lowest BCUT2D eigenvalue weighted by atomic mass is 10.1. The number of carbonyl (C=O) groups is 1. The molecule has 2 N–H and O–H groups in total. The van der Waals surface area contributed by atoms with Gasteiger partial charge < -0.3 is 20.1 Å². The van der Waals surface area contributed by atoms with E-state index in [-0.39, 0.29) is 5.91 Å². The summed E-state index contributed by atoms with van der Waals surface area (Å²) in [5.41, 5.74) is 6.61. The van der Waals surface area contributed by atoms with Gasteiger partial charge in [-0.25, -0.2) is 0 Å². The molecule has 0 aliphatic carbocycles. The van der Waals surface area contributed by atoms with E-state index >= 15 is 0 Å². The van der Waals surface area contributed by atoms with E-state index in [1.807, 2.05) is 13.8 Å². The van der Waals surface area contributed by atoms with Crippen LogP contribution in [0.1, 0.15) is 24.2 Å². The minimum Gasteiger partial charge on any atom is -0.397 e. The summed E-state index contributed by atoms with van der Waals surface area (Å²) in [6.07, 6.45) is 0. The monoisotopic (exact) mass is 314 g/mol. The number of hydrogen-bond donors (Lipinski definition) is 1. The first-order valence-electron chi connectivity index (χ1n) is 7.10. The quantitative estimate of drug-likeness (QED) is 0.561. The van der Waals surface area contributed by atoms with E-state index in [0.29, 0.717) is 55.8 Å². The third-order valence-electron chi connectivity index (χ3n) is 2.99. The Morgan fingerprint density at radius 3 is 2.29 bits per heavy atom. The second-order valence-corrected chi connectivity index (χ2v) is 4.79. The number of hydrogen-bond acceptors (Lipinski definition) is 4. The molecule has 6 heteroatoms. The highest BCUT2D eigenvalue weighted by molar-refractivity contribution is 6.33. The van der Waals surface area contributed by atoms with Crippen molar-refractivity contribution in [3.63, 3.8) is 0 Å². The van der Waals surface area contributed by atoms with Crippen molar-refractivity contribution >= 4 is 23.2 Å². The number of nitrogens with zero attached hydrogens (tertiary/aromatic N) is 1. The normalized spacial score (nSPS) is 10.6. The van der Waals surface area contributed by atoms with E-state index in [0.717, 1.165) is 0 Å². The van der Waals surface area contributed by atoms with Crippen LogP contribution in [0.2, 0.25) is 5.02 Å². The fraction of sp³-hybridized carbons (Fsp3) is 0.533. The highest BCUT2D eigenvalue weighted by atomic mass is 35.5. The van der Waals surface area contributed by atoms with Crippen LogP contribution in [0.3, 0.4) is 0 Å². The fourth-order valence-corrected chi connectivity index (χ4v) is 2.02. The van der Waals surface area contributed by atoms with Crippen LogP contribution in [0.25, 0.3) is 0 Å². The number of nitrogen functional groups attached to an aromatic ring is 1. The van der Waals surface area contributed by atoms with Gasteiger partial charge in [-0.3, -0.25) is 4.79 Å². The molecule has 0 aliphatic heterocycles. The third-order valence-corrected chi connectivity index (χ3v) is 3.32. The number of ether oxygens (including phenoxy) is 2. The summed E-state index contributed by atoms with van der Waals surface area (Å²) in [6, 6.07) is 5.06. The first-order chi connectivity index (χ1) is 10.1. The number of anilines is 1. The minimum atomic E-state index is -0.158. The summed E-state index contributed by atoms with van der Waals surface area (Å²) in [7, 11) is 0. The molecule has 5 nitrogen and oxygen atoms in total. The Labute approximate surface area is 131 Å². The lowest BCUT2D eigenvalue weighted by Gasteiger charge is -2.23. The predicted molar refractivity (Wildman–Crippen MR) is 84.8 cm³/mol. The van der Waals surface area contributed by atoms with Crippen molar-refractivity contribution in [3.05, 3.63) is 28.8 Å². The van der Waals surface area contributed by atoms with Crippen LogP contribution in [-0.4, -0.2) is 50.3 Å². The van der Waals surface area contributed by atoms with Crippen molar-refractivity contribution in [1.82, 2.24) is 4.90 Å². The molecule has 0 atom stereocenters. The lowest BCUT2D eigenvalue weighted by molar-refractivity contribution is 0.0551. The van der Waals surface area contributed by atoms with Crippen LogP contribution in [-0.2, 0) is 9.47 Å². The number of amides is 1. The zero-order valence-corrected chi connectivity index (χ0v) is 13.4. The topological polar surface area (TPSA) is 64.8 Å². The van der Waals surface area contributed by atoms with Crippen LogP contribution in [0.15, 0.2) is 18.2 Å². The molecule has 1 rings (SSSR count). The van der Waals surface area contributed by atoms with Crippen LogP contribution in [0.5, 0.6) is 0 Å². The standard InChI is InChI=1S/C15H23ClN2O3/c1-3-20-10-8-18(9-11-21-4-2)15(19)12-6-5-7-13(16)14(12)17/h5-7H,3-4,8-11,17H2,1-2H3. The van der Waals surface area contributed by atoms with E-state index in [9.17, 15) is 4.79 Å². The van der Waals surface area contributed by atoms with Gasteiger partial charge in [0, 0.05) is 26.3 Å². The number of para-hydroxylation sites is 1. The Hall–Kier alpha value is -1.30. The average molecular weight is 315 g/mol. The van der Waals surface area contributed by atoms with E-state index < -0.39 is 0 Å². The molecule has 0 fully saturated rings. The van der Waals surface area contributed by atoms with Crippen LogP contribution < -0.4 is 5.73 Å². The molecule has 0 radical (unpaired) electrons. The molecule has 0 spiro atoms. The maximum Gasteiger partial charge on any atom is 0.256 e. The molecule has 0 aromatic heterocycles. The zero-order valence-electron chi connectivity index (χ0n) is 12.6. The highest BCUT2D eigenvalue weighted by Gasteiger charge is 2.18. The van der Waals surface area contributed by atoms with Crippen LogP contribution in [0.4, 0.5) is 5.69 Å². The first-order valence-corrected chi connectivity index (χ1v) is 7.48. The first kappa shape index (κ1) is 17.8. The average Bonchev–Trinajstić information content (AvgIpc) is 2.48. The van der Waals surface area contributed by atoms with E-state index in [4.69, 9.17) is 26.8 Å². The van der Waals surface area contributed by atoms with Crippen molar-refractivity contribution in [2.45, 2.75) is 13.8 Å². The lowest BCUT2D eigenvalue weighted by Crippen LogP contribution is -2.37. The second-order valence-electron chi connectivity index (χ2n) is 4.39. The van der Waals surface area contributed by atoms with E-state index in [1.165, 1.54) is 0 Å². The molecule has 0 bridgehead atoms. The van der Waals surface area contributed by atoms with Gasteiger partial charge in [-0.1, -0.05) is 17.7 Å². The summed E-state index contributed by atoms with van der Waals surface area (Å²) >= 11 is 5.97. The Kier molecular flexibility index (Phi) is 8.12. The molecule has 1 amide bonds. The van der Waals surface area contributed by atoms with Crippen LogP contribution in [0, 0.1) is 0 Å². The molecular formula is C15H23ClN2O3. The van der Waals surface area contributed by atoms with Crippen molar-refractivity contribution < 1.29 is 14.3 Å². The Balaban J connectivity index is 2.79. The SMILES string of the molecule is CCOCCN(CCOCC)C(=O)c1cccc(Cl)c1N. The van der Waals surface area contributed by atoms with Crippen LogP contribution >= 0.6 is 11.6 Å². The smallest absolute Gasteiger partial charge is 0.256 e. The largest absolute Gasteiger partial charge is 0.397 e. The summed E-state index contributed by atoms with van der Waals surface area (Å²) < 4.78 is 10.6. The summed E-state index contributed by atoms with van der Waals surface area (Å²) in [5, 5.41) is 0.385. The van der Waals surface area contributed by atoms with Gasteiger partial charge in [0.05, 0.1) is 29.5 Å². The van der Waals surface area contributed by atoms with E-state index in [2.05, 4.69) is 0 Å². The molecule has 1 aromatic carbocycles. The van der Waals surface area contributed by atoms with Gasteiger partial charge in [-0.15, -0.1) is 0 Å².